The van der Waals surface area contributed by atoms with Gasteiger partial charge in [0.2, 0.25) is 0 Å². The van der Waals surface area contributed by atoms with Crippen LogP contribution in [0.4, 0.5) is 0 Å². The molecule has 1 heterocycles. The highest BCUT2D eigenvalue weighted by molar-refractivity contribution is 14.1. The molecule has 0 spiro atoms. The summed E-state index contributed by atoms with van der Waals surface area (Å²) in [6.45, 7) is 3.43. The van der Waals surface area contributed by atoms with Crippen molar-refractivity contribution in [2.75, 3.05) is 0 Å². The molecule has 0 aliphatic rings. The second kappa shape index (κ2) is 4.89. The number of rotatable bonds is 1. The van der Waals surface area contributed by atoms with E-state index in [9.17, 15) is 9.59 Å². The van der Waals surface area contributed by atoms with Crippen molar-refractivity contribution in [3.8, 4) is 5.69 Å². The summed E-state index contributed by atoms with van der Waals surface area (Å²) >= 11 is 7.91. The van der Waals surface area contributed by atoms with Crippen molar-refractivity contribution >= 4 is 34.2 Å². The molecule has 0 aliphatic heterocycles. The van der Waals surface area contributed by atoms with E-state index in [0.717, 1.165) is 13.7 Å². The van der Waals surface area contributed by atoms with Crippen LogP contribution in [0.2, 0.25) is 5.15 Å². The first-order chi connectivity index (χ1) is 8.41. The van der Waals surface area contributed by atoms with E-state index < -0.39 is 11.2 Å². The van der Waals surface area contributed by atoms with E-state index in [1.54, 1.807) is 13.0 Å². The maximum Gasteiger partial charge on any atom is 0.334 e. The fourth-order valence-corrected chi connectivity index (χ4v) is 2.28. The number of nitrogens with one attached hydrogen (secondary N) is 1. The van der Waals surface area contributed by atoms with Crippen molar-refractivity contribution in [1.82, 2.24) is 9.55 Å². The first-order valence-electron chi connectivity index (χ1n) is 5.20. The van der Waals surface area contributed by atoms with Crippen LogP contribution in [0.25, 0.3) is 5.69 Å². The van der Waals surface area contributed by atoms with Gasteiger partial charge >= 0.3 is 5.69 Å². The molecule has 0 bridgehead atoms. The number of halogens is 2. The number of hydrogen-bond acceptors (Lipinski definition) is 2. The Hall–Kier alpha value is -1.08. The zero-order valence-electron chi connectivity index (χ0n) is 9.75. The minimum Gasteiger partial charge on any atom is -0.297 e. The topological polar surface area (TPSA) is 54.9 Å². The fraction of sp³-hybridized carbons (Fsp3) is 0.167. The molecule has 0 aliphatic carbocycles. The average molecular weight is 377 g/mol. The molecule has 6 heteroatoms. The van der Waals surface area contributed by atoms with E-state index in [2.05, 4.69) is 27.6 Å². The lowest BCUT2D eigenvalue weighted by molar-refractivity contribution is 0.853. The summed E-state index contributed by atoms with van der Waals surface area (Å²) in [5.74, 6) is 0. The van der Waals surface area contributed by atoms with Gasteiger partial charge < -0.3 is 0 Å². The SMILES string of the molecule is Cc1ccc(I)cc1-n1c(=O)[nH]c(Cl)c(C)c1=O. The van der Waals surface area contributed by atoms with Gasteiger partial charge in [0.1, 0.15) is 5.15 Å². The van der Waals surface area contributed by atoms with Crippen LogP contribution in [0, 0.1) is 17.4 Å². The lowest BCUT2D eigenvalue weighted by Crippen LogP contribution is -2.35. The summed E-state index contributed by atoms with van der Waals surface area (Å²) in [6, 6.07) is 5.58. The molecule has 2 aromatic rings. The molecule has 1 aromatic carbocycles. The summed E-state index contributed by atoms with van der Waals surface area (Å²) in [5.41, 5.74) is 0.835. The molecule has 0 atom stereocenters. The first-order valence-corrected chi connectivity index (χ1v) is 6.65. The largest absolute Gasteiger partial charge is 0.334 e. The van der Waals surface area contributed by atoms with Gasteiger partial charge in [0.05, 0.1) is 11.3 Å². The molecule has 18 heavy (non-hydrogen) atoms. The third kappa shape index (κ3) is 2.24. The standard InChI is InChI=1S/C12H10ClIN2O2/c1-6-3-4-8(14)5-9(6)16-11(17)7(2)10(13)15-12(16)18/h3-5H,1-2H3,(H,15,18). The lowest BCUT2D eigenvalue weighted by atomic mass is 10.2. The highest BCUT2D eigenvalue weighted by Gasteiger charge is 2.12. The summed E-state index contributed by atoms with van der Waals surface area (Å²) < 4.78 is 2.06. The molecule has 0 unspecified atom stereocenters. The Morgan fingerprint density at radius 3 is 2.61 bits per heavy atom. The van der Waals surface area contributed by atoms with Crippen LogP contribution in [-0.2, 0) is 0 Å². The summed E-state index contributed by atoms with van der Waals surface area (Å²) in [6.07, 6.45) is 0. The van der Waals surface area contributed by atoms with Gasteiger partial charge in [0, 0.05) is 3.57 Å². The van der Waals surface area contributed by atoms with Crippen LogP contribution < -0.4 is 11.2 Å². The Morgan fingerprint density at radius 1 is 1.28 bits per heavy atom. The van der Waals surface area contributed by atoms with Crippen LogP contribution in [0.1, 0.15) is 11.1 Å². The smallest absolute Gasteiger partial charge is 0.297 e. The molecular formula is C12H10ClIN2O2. The zero-order valence-corrected chi connectivity index (χ0v) is 12.7. The first kappa shape index (κ1) is 13.4. The van der Waals surface area contributed by atoms with Gasteiger partial charge in [-0.3, -0.25) is 9.78 Å². The van der Waals surface area contributed by atoms with Crippen LogP contribution in [0.3, 0.4) is 0 Å². The van der Waals surface area contributed by atoms with Gasteiger partial charge in [0.25, 0.3) is 5.56 Å². The van der Waals surface area contributed by atoms with Crippen molar-refractivity contribution in [1.29, 1.82) is 0 Å². The maximum absolute atomic E-state index is 12.1. The minimum atomic E-state index is -0.527. The van der Waals surface area contributed by atoms with E-state index in [4.69, 9.17) is 11.6 Å². The summed E-state index contributed by atoms with van der Waals surface area (Å²) in [4.78, 5) is 26.5. The normalized spacial score (nSPS) is 10.7. The van der Waals surface area contributed by atoms with Crippen LogP contribution >= 0.6 is 34.2 Å². The van der Waals surface area contributed by atoms with E-state index in [1.807, 2.05) is 19.1 Å². The van der Waals surface area contributed by atoms with Gasteiger partial charge in [-0.1, -0.05) is 17.7 Å². The minimum absolute atomic E-state index is 0.0875. The number of aromatic amines is 1. The predicted molar refractivity (Wildman–Crippen MR) is 79.9 cm³/mol. The molecule has 0 saturated heterocycles. The molecular weight excluding hydrogens is 367 g/mol. The van der Waals surface area contributed by atoms with Gasteiger partial charge in [-0.25, -0.2) is 9.36 Å². The molecule has 0 amide bonds. The molecule has 2 rings (SSSR count). The average Bonchev–Trinajstić information content (AvgIpc) is 2.31. The van der Waals surface area contributed by atoms with Crippen molar-refractivity contribution in [2.24, 2.45) is 0 Å². The summed E-state index contributed by atoms with van der Waals surface area (Å²) in [5, 5.41) is 0.0875. The van der Waals surface area contributed by atoms with Crippen molar-refractivity contribution in [3.63, 3.8) is 0 Å². The zero-order chi connectivity index (χ0) is 13.4. The van der Waals surface area contributed by atoms with Gasteiger partial charge in [0.15, 0.2) is 0 Å². The van der Waals surface area contributed by atoms with Crippen molar-refractivity contribution in [2.45, 2.75) is 13.8 Å². The molecule has 0 saturated carbocycles. The monoisotopic (exact) mass is 376 g/mol. The Kier molecular flexibility index (Phi) is 3.63. The van der Waals surface area contributed by atoms with E-state index in [0.29, 0.717) is 11.3 Å². The fourth-order valence-electron chi connectivity index (χ4n) is 1.64. The van der Waals surface area contributed by atoms with Gasteiger partial charge in [-0.05, 0) is 54.1 Å². The number of hydrogen-bond donors (Lipinski definition) is 1. The third-order valence-electron chi connectivity index (χ3n) is 2.68. The van der Waals surface area contributed by atoms with E-state index >= 15 is 0 Å². The van der Waals surface area contributed by atoms with Gasteiger partial charge in [-0.15, -0.1) is 0 Å². The molecule has 0 radical (unpaired) electrons. The molecule has 1 N–H and O–H groups in total. The predicted octanol–water partition coefficient (Wildman–Crippen LogP) is 2.40. The Bertz CT molecular complexity index is 734. The second-order valence-corrected chi connectivity index (χ2v) is 5.56. The van der Waals surface area contributed by atoms with Crippen LogP contribution in [-0.4, -0.2) is 9.55 Å². The quantitative estimate of drug-likeness (QED) is 0.614. The molecule has 4 nitrogen and oxygen atoms in total. The van der Waals surface area contributed by atoms with Crippen LogP contribution in [0.15, 0.2) is 27.8 Å². The molecule has 94 valence electrons. The lowest BCUT2D eigenvalue weighted by Gasteiger charge is -2.10. The number of nitrogens with zero attached hydrogens (tertiary/aromatic N) is 1. The number of aryl methyl sites for hydroxylation is 1. The van der Waals surface area contributed by atoms with Crippen LogP contribution in [0.5, 0.6) is 0 Å². The summed E-state index contributed by atoms with van der Waals surface area (Å²) in [7, 11) is 0. The van der Waals surface area contributed by atoms with E-state index in [-0.39, 0.29) is 5.15 Å². The molecule has 1 aromatic heterocycles. The van der Waals surface area contributed by atoms with E-state index in [1.165, 1.54) is 0 Å². The highest BCUT2D eigenvalue weighted by atomic mass is 127. The number of H-pyrrole nitrogens is 1. The second-order valence-electron chi connectivity index (χ2n) is 3.94. The number of benzene rings is 1. The van der Waals surface area contributed by atoms with Crippen molar-refractivity contribution in [3.05, 3.63) is 58.9 Å². The van der Waals surface area contributed by atoms with Crippen molar-refractivity contribution < 1.29 is 0 Å². The number of aromatic nitrogens is 2. The highest BCUT2D eigenvalue weighted by Crippen LogP contribution is 2.15. The maximum atomic E-state index is 12.1. The van der Waals surface area contributed by atoms with Gasteiger partial charge in [-0.2, -0.15) is 0 Å². The Labute approximate surface area is 122 Å². The Morgan fingerprint density at radius 2 is 1.94 bits per heavy atom. The molecule has 0 fully saturated rings. The third-order valence-corrected chi connectivity index (χ3v) is 3.73. The Balaban J connectivity index is 2.88.